The van der Waals surface area contributed by atoms with Crippen LogP contribution in [-0.2, 0) is 13.4 Å². The SMILES string of the molecule is N.O=P(O)(O)OP(=O)(O)O.[H-].[H-].[K+].[K+]. The van der Waals surface area contributed by atoms with Crippen LogP contribution < -0.4 is 109 Å². The van der Waals surface area contributed by atoms with Crippen molar-refractivity contribution < 1.29 is 139 Å². The molecule has 0 unspecified atom stereocenters. The quantitative estimate of drug-likeness (QED) is 0.246. The van der Waals surface area contributed by atoms with Crippen LogP contribution in [0.25, 0.3) is 0 Å². The third kappa shape index (κ3) is 23.4. The molecule has 8 nitrogen and oxygen atoms in total. The third-order valence-electron chi connectivity index (χ3n) is 0.213. The largest absolute Gasteiger partial charge is 1.00 e. The number of hydrogen-bond acceptors (Lipinski definition) is 4. The Kier molecular flexibility index (Phi) is 19.9. The van der Waals surface area contributed by atoms with Gasteiger partial charge in [0.15, 0.2) is 0 Å². The molecule has 0 bridgehead atoms. The first kappa shape index (κ1) is 24.6. The first-order valence-corrected chi connectivity index (χ1v) is 4.59. The summed E-state index contributed by atoms with van der Waals surface area (Å²) in [6.07, 6.45) is 0. The minimum Gasteiger partial charge on any atom is -1.00 e. The summed E-state index contributed by atoms with van der Waals surface area (Å²) in [4.78, 5) is 31.0. The molecule has 0 aromatic rings. The summed E-state index contributed by atoms with van der Waals surface area (Å²) in [7, 11) is -10.1. The van der Waals surface area contributed by atoms with Gasteiger partial charge in [0.2, 0.25) is 0 Å². The van der Waals surface area contributed by atoms with Gasteiger partial charge in [0.05, 0.1) is 0 Å². The number of hydrogen-bond donors (Lipinski definition) is 5. The van der Waals surface area contributed by atoms with E-state index in [1.54, 1.807) is 0 Å². The second-order valence-electron chi connectivity index (χ2n) is 1.06. The van der Waals surface area contributed by atoms with Crippen molar-refractivity contribution in [2.75, 3.05) is 0 Å². The van der Waals surface area contributed by atoms with E-state index in [1.165, 1.54) is 0 Å². The predicted octanol–water partition coefficient (Wildman–Crippen LogP) is -6.42. The Hall–Kier alpha value is 3.49. The van der Waals surface area contributed by atoms with Crippen LogP contribution in [0, 0.1) is 0 Å². The molecule has 0 amide bonds. The van der Waals surface area contributed by atoms with Gasteiger partial charge in [-0.05, 0) is 0 Å². The summed E-state index contributed by atoms with van der Waals surface area (Å²) in [5, 5.41) is 0. The molecule has 68 valence electrons. The summed E-state index contributed by atoms with van der Waals surface area (Å²) < 4.78 is 22.2. The fourth-order valence-corrected chi connectivity index (χ4v) is 1.25. The van der Waals surface area contributed by atoms with E-state index in [0.717, 1.165) is 0 Å². The molecule has 0 aromatic heterocycles. The molecule has 0 aliphatic heterocycles. The Labute approximate surface area is 157 Å². The van der Waals surface area contributed by atoms with E-state index >= 15 is 0 Å². The molecule has 0 aromatic carbocycles. The smallest absolute Gasteiger partial charge is 1.00 e. The van der Waals surface area contributed by atoms with E-state index in [-0.39, 0.29) is 112 Å². The molecule has 12 heteroatoms. The summed E-state index contributed by atoms with van der Waals surface area (Å²) in [6, 6.07) is 0. The first-order valence-electron chi connectivity index (χ1n) is 1.53. The van der Waals surface area contributed by atoms with Crippen LogP contribution in [-0.4, -0.2) is 19.6 Å². The van der Waals surface area contributed by atoms with Gasteiger partial charge in [0.25, 0.3) is 0 Å². The molecule has 7 N–H and O–H groups in total. The Morgan fingerprint density at radius 1 is 0.917 bits per heavy atom. The van der Waals surface area contributed by atoms with Gasteiger partial charge >= 0.3 is 118 Å². The summed E-state index contributed by atoms with van der Waals surface area (Å²) >= 11 is 0. The van der Waals surface area contributed by atoms with Crippen LogP contribution in [0.5, 0.6) is 0 Å². The van der Waals surface area contributed by atoms with Gasteiger partial charge in [-0.15, -0.1) is 0 Å². The van der Waals surface area contributed by atoms with Gasteiger partial charge in [-0.1, -0.05) is 0 Å². The summed E-state index contributed by atoms with van der Waals surface area (Å²) in [5.41, 5.74) is 0. The monoisotopic (exact) mass is 275 g/mol. The van der Waals surface area contributed by atoms with E-state index in [9.17, 15) is 9.13 Å². The molecule has 0 aliphatic rings. The van der Waals surface area contributed by atoms with Crippen molar-refractivity contribution >= 4 is 15.6 Å². The fourth-order valence-electron chi connectivity index (χ4n) is 0.139. The molecule has 0 saturated carbocycles. The molecular formula is H9K2NO7P2. The van der Waals surface area contributed by atoms with Crippen LogP contribution >= 0.6 is 15.6 Å². The predicted molar refractivity (Wildman–Crippen MR) is 32.4 cm³/mol. The van der Waals surface area contributed by atoms with Gasteiger partial charge in [-0.3, -0.25) is 0 Å². The van der Waals surface area contributed by atoms with Crippen molar-refractivity contribution in [1.82, 2.24) is 6.15 Å². The summed E-state index contributed by atoms with van der Waals surface area (Å²) in [5.74, 6) is 0. The van der Waals surface area contributed by atoms with Crippen molar-refractivity contribution in [3.8, 4) is 0 Å². The molecule has 0 rings (SSSR count). The van der Waals surface area contributed by atoms with Crippen LogP contribution in [0.15, 0.2) is 0 Å². The Morgan fingerprint density at radius 3 is 1.08 bits per heavy atom. The van der Waals surface area contributed by atoms with Gasteiger partial charge in [0, 0.05) is 0 Å². The fraction of sp³-hybridized carbons (Fsp3) is 0. The van der Waals surface area contributed by atoms with Crippen molar-refractivity contribution in [1.29, 1.82) is 0 Å². The molecule has 0 aliphatic carbocycles. The molecule has 0 radical (unpaired) electrons. The van der Waals surface area contributed by atoms with Crippen LogP contribution in [0.3, 0.4) is 0 Å². The van der Waals surface area contributed by atoms with Crippen LogP contribution in [0.4, 0.5) is 0 Å². The molecule has 0 fully saturated rings. The Morgan fingerprint density at radius 2 is 1.08 bits per heavy atom. The maximum absolute atomic E-state index is 9.63. The van der Waals surface area contributed by atoms with E-state index < -0.39 is 15.6 Å². The molecule has 12 heavy (non-hydrogen) atoms. The Bertz CT molecular complexity index is 168. The van der Waals surface area contributed by atoms with Crippen molar-refractivity contribution in [3.63, 3.8) is 0 Å². The normalized spacial score (nSPS) is 10.3. The zero-order valence-electron chi connectivity index (χ0n) is 8.62. The van der Waals surface area contributed by atoms with E-state index in [4.69, 9.17) is 19.6 Å². The molecule has 0 atom stereocenters. The zero-order chi connectivity index (χ0) is 7.71. The minimum atomic E-state index is -5.05. The van der Waals surface area contributed by atoms with Crippen LogP contribution in [0.1, 0.15) is 2.85 Å². The minimum absolute atomic E-state index is 0. The molecule has 0 heterocycles. The van der Waals surface area contributed by atoms with Gasteiger partial charge in [-0.2, -0.15) is 4.31 Å². The third-order valence-corrected chi connectivity index (χ3v) is 1.91. The van der Waals surface area contributed by atoms with Gasteiger partial charge in [-0.25, -0.2) is 9.13 Å². The van der Waals surface area contributed by atoms with E-state index in [2.05, 4.69) is 4.31 Å². The van der Waals surface area contributed by atoms with Crippen molar-refractivity contribution in [3.05, 3.63) is 0 Å². The van der Waals surface area contributed by atoms with E-state index in [1.807, 2.05) is 0 Å². The van der Waals surface area contributed by atoms with Crippen molar-refractivity contribution in [2.24, 2.45) is 0 Å². The average Bonchev–Trinajstić information content (AvgIpc) is 1.14. The van der Waals surface area contributed by atoms with Crippen molar-refractivity contribution in [2.45, 2.75) is 0 Å². The zero-order valence-corrected chi connectivity index (χ0v) is 14.7. The maximum atomic E-state index is 9.63. The first-order chi connectivity index (χ1) is 3.71. The topological polar surface area (TPSA) is 159 Å². The van der Waals surface area contributed by atoms with Gasteiger partial charge in [0.1, 0.15) is 0 Å². The van der Waals surface area contributed by atoms with Crippen LogP contribution in [0.2, 0.25) is 0 Å². The van der Waals surface area contributed by atoms with Gasteiger partial charge < -0.3 is 28.6 Å². The molecule has 0 spiro atoms. The molecule has 0 saturated heterocycles. The summed E-state index contributed by atoms with van der Waals surface area (Å²) in [6.45, 7) is 0. The number of rotatable bonds is 2. The van der Waals surface area contributed by atoms with E-state index in [0.29, 0.717) is 0 Å². The second-order valence-corrected chi connectivity index (χ2v) is 3.68. The maximum Gasteiger partial charge on any atom is 1.00 e. The standard InChI is InChI=1S/2K.H3N.H4O7P2.2H/c;;;1-8(2,3)7-9(4,5)6;;/h;;1H3;(H2,1,2,3)(H2,4,5,6);;/q2*+1;;;2*-1. The molecular weight excluding hydrogens is 266 g/mol. The number of phosphoric acid groups is 2. The second kappa shape index (κ2) is 9.70. The Balaban J connectivity index is -0.0000000320. The average molecular weight is 275 g/mol.